The number of halogens is 10. The average Bonchev–Trinajstić information content (AvgIpc) is 0.906. The molecule has 100 heavy (non-hydrogen) atoms. The molecule has 0 spiro atoms. The minimum Gasteiger partial charge on any atom is -0.299 e. The molecule has 1 saturated carbocycles. The first kappa shape index (κ1) is 83.3. The summed E-state index contributed by atoms with van der Waals surface area (Å²) in [6.45, 7) is 27.4. The van der Waals surface area contributed by atoms with Crippen molar-refractivity contribution in [2.45, 2.75) is 167 Å². The number of carbonyl (C=O) groups excluding carboxylic acids is 5. The molecule has 1 aliphatic carbocycles. The van der Waals surface area contributed by atoms with E-state index in [0.29, 0.717) is 79.4 Å². The highest BCUT2D eigenvalue weighted by Crippen LogP contribution is 2.32. The fourth-order valence-corrected chi connectivity index (χ4v) is 9.64. The average molecular weight is 1420 g/mol. The summed E-state index contributed by atoms with van der Waals surface area (Å²) in [5.41, 5.74) is 7.35. The van der Waals surface area contributed by atoms with Gasteiger partial charge in [-0.25, -0.2) is 50.1 Å². The van der Waals surface area contributed by atoms with Crippen molar-refractivity contribution < 1.29 is 59.1 Å². The molecule has 5 aromatic heterocycles. The minimum atomic E-state index is -1.02. The molecule has 0 bridgehead atoms. The third-order valence-electron chi connectivity index (χ3n) is 14.7. The SMILES string of the molecule is CC.CC.CC(C)c1nc(CC(=O)c2ccc(Cl)cn2)ccc1F.Cc1cc(CC(=O)C2CC2)ccc1F.Cc1cnc(C(=O)Cc2cc(C)c(F)c(F)c2)c(F)c1.Cc1cnc(C(=O)Cc2cc(Cl)c(F)c(C(C)C)c2)cn1.Cc1cnc(C(=O)Cc2cc(F)c(F)c(C(C)C)c2)cn1. The van der Waals surface area contributed by atoms with Gasteiger partial charge in [0.2, 0.25) is 0 Å². The molecular formula is C78H83Cl2F8N7O5. The first-order valence-electron chi connectivity index (χ1n) is 32.6. The van der Waals surface area contributed by atoms with Crippen LogP contribution in [0.4, 0.5) is 35.1 Å². The number of hydrogen-bond donors (Lipinski definition) is 0. The highest BCUT2D eigenvalue weighted by Gasteiger charge is 2.29. The normalized spacial score (nSPS) is 11.2. The van der Waals surface area contributed by atoms with E-state index in [1.165, 1.54) is 80.4 Å². The van der Waals surface area contributed by atoms with Crippen molar-refractivity contribution in [3.05, 3.63) is 274 Å². The van der Waals surface area contributed by atoms with E-state index in [2.05, 4.69) is 34.9 Å². The maximum atomic E-state index is 13.9. The molecule has 5 heterocycles. The minimum absolute atomic E-state index is 0.00304. The van der Waals surface area contributed by atoms with E-state index in [0.717, 1.165) is 36.2 Å². The summed E-state index contributed by atoms with van der Waals surface area (Å²) in [5, 5.41) is 0.516. The molecule has 0 saturated heterocycles. The van der Waals surface area contributed by atoms with E-state index in [4.69, 9.17) is 23.2 Å². The number of aromatic nitrogens is 7. The zero-order valence-electron chi connectivity index (χ0n) is 58.8. The van der Waals surface area contributed by atoms with Crippen molar-refractivity contribution >= 4 is 52.1 Å². The summed E-state index contributed by atoms with van der Waals surface area (Å²) in [5.74, 6) is -6.21. The zero-order chi connectivity index (χ0) is 74.8. The van der Waals surface area contributed by atoms with Crippen molar-refractivity contribution in [3.8, 4) is 0 Å². The van der Waals surface area contributed by atoms with Gasteiger partial charge in [-0.15, -0.1) is 0 Å². The van der Waals surface area contributed by atoms with Crippen LogP contribution >= 0.6 is 23.2 Å². The number of nitrogens with zero attached hydrogens (tertiary/aromatic N) is 7. The summed E-state index contributed by atoms with van der Waals surface area (Å²) in [7, 11) is 0. The molecule has 4 aromatic carbocycles. The Kier molecular flexibility index (Phi) is 33.5. The van der Waals surface area contributed by atoms with Crippen LogP contribution < -0.4 is 0 Å². The highest BCUT2D eigenvalue weighted by molar-refractivity contribution is 6.31. The van der Waals surface area contributed by atoms with Gasteiger partial charge in [-0.3, -0.25) is 43.9 Å². The molecule has 1 fully saturated rings. The van der Waals surface area contributed by atoms with Crippen LogP contribution in [0, 0.1) is 87.1 Å². The van der Waals surface area contributed by atoms with E-state index in [-0.39, 0.29) is 106 Å². The van der Waals surface area contributed by atoms with Gasteiger partial charge in [0.05, 0.1) is 45.9 Å². The van der Waals surface area contributed by atoms with Gasteiger partial charge >= 0.3 is 0 Å². The Morgan fingerprint density at radius 3 is 1.39 bits per heavy atom. The zero-order valence-corrected chi connectivity index (χ0v) is 60.3. The Balaban J connectivity index is 0.000000263. The van der Waals surface area contributed by atoms with Gasteiger partial charge in [0.15, 0.2) is 52.2 Å². The van der Waals surface area contributed by atoms with Crippen molar-refractivity contribution in [3.63, 3.8) is 0 Å². The first-order valence-corrected chi connectivity index (χ1v) is 33.3. The Morgan fingerprint density at radius 1 is 0.420 bits per heavy atom. The smallest absolute Gasteiger partial charge is 0.188 e. The topological polar surface area (TPSA) is 176 Å². The van der Waals surface area contributed by atoms with Crippen LogP contribution in [0.1, 0.15) is 215 Å². The highest BCUT2D eigenvalue weighted by atomic mass is 35.5. The maximum Gasteiger partial charge on any atom is 0.188 e. The van der Waals surface area contributed by atoms with Crippen LogP contribution in [-0.2, 0) is 36.9 Å². The van der Waals surface area contributed by atoms with E-state index in [1.807, 2.05) is 55.4 Å². The standard InChI is InChI=1S/C16H16ClFN2O.C16H16F2N2O.C15H14ClFN2O.C15H12F3NO.C12H13FO.2C2H6/c2*1-9(2)12-4-11(5-13(17)16(12)18)6-15(21)14-8-19-10(3)7-20-14;1-9(2)15-12(17)5-4-11(19-15)7-14(20)13-6-3-10(16)8-18-13;1-8-3-12(17)15(19-7-8)13(20)6-10-4-9(2)14(18)11(16)5-10;1-8-6-9(2-5-11(8)13)7-12(14)10-3-4-10;2*1-2/h2*4-5,7-9H,6H2,1-3H3;3-6,8-9H,7H2,1-2H3;3-5,7H,6H2,1-2H3;2,5-6,10H,3-4,7H2,1H3;2*1-2H3. The number of aryl methyl sites for hydroxylation is 5. The number of benzene rings is 4. The number of ketones is 5. The van der Waals surface area contributed by atoms with E-state index >= 15 is 0 Å². The molecule has 1 aliphatic rings. The Hall–Kier alpha value is -9.14. The van der Waals surface area contributed by atoms with E-state index in [1.54, 1.807) is 78.1 Å². The van der Waals surface area contributed by atoms with Crippen molar-refractivity contribution in [2.24, 2.45) is 5.92 Å². The van der Waals surface area contributed by atoms with Gasteiger partial charge in [-0.2, -0.15) is 0 Å². The second kappa shape index (κ2) is 40.2. The molecule has 0 N–H and O–H groups in total. The lowest BCUT2D eigenvalue weighted by Crippen LogP contribution is -2.10. The lowest BCUT2D eigenvalue weighted by Gasteiger charge is -2.11. The molecule has 0 aliphatic heterocycles. The van der Waals surface area contributed by atoms with Crippen molar-refractivity contribution in [1.29, 1.82) is 0 Å². The summed E-state index contributed by atoms with van der Waals surface area (Å²) in [4.78, 5) is 87.7. The Labute approximate surface area is 590 Å². The number of rotatable bonds is 18. The predicted molar refractivity (Wildman–Crippen MR) is 374 cm³/mol. The molecule has 0 unspecified atom stereocenters. The summed E-state index contributed by atoms with van der Waals surface area (Å²) < 4.78 is 108. The van der Waals surface area contributed by atoms with Crippen LogP contribution in [0.3, 0.4) is 0 Å². The lowest BCUT2D eigenvalue weighted by atomic mass is 9.97. The van der Waals surface area contributed by atoms with Crippen LogP contribution in [0.2, 0.25) is 10.0 Å². The summed E-state index contributed by atoms with van der Waals surface area (Å²) in [6.07, 6.45) is 11.2. The quantitative estimate of drug-likeness (QED) is 0.0588. The first-order chi connectivity index (χ1) is 47.3. The molecule has 530 valence electrons. The van der Waals surface area contributed by atoms with Crippen molar-refractivity contribution in [2.75, 3.05) is 0 Å². The molecule has 0 amide bonds. The summed E-state index contributed by atoms with van der Waals surface area (Å²) >= 11 is 11.6. The number of hydrogen-bond acceptors (Lipinski definition) is 12. The van der Waals surface area contributed by atoms with Crippen LogP contribution in [0.25, 0.3) is 0 Å². The fraction of sp³-hybridized carbons (Fsp3) is 0.333. The molecular weight excluding hydrogens is 1340 g/mol. The van der Waals surface area contributed by atoms with Gasteiger partial charge in [0, 0.05) is 62.1 Å². The van der Waals surface area contributed by atoms with E-state index in [9.17, 15) is 59.1 Å². The molecule has 10 rings (SSSR count). The molecule has 9 aromatic rings. The van der Waals surface area contributed by atoms with E-state index < -0.39 is 40.7 Å². The Morgan fingerprint density at radius 2 is 0.910 bits per heavy atom. The number of carbonyl (C=O) groups is 5. The number of pyridine rings is 3. The second-order valence-electron chi connectivity index (χ2n) is 24.0. The fourth-order valence-electron chi connectivity index (χ4n) is 9.28. The predicted octanol–water partition coefficient (Wildman–Crippen LogP) is 19.8. The second-order valence-corrected chi connectivity index (χ2v) is 24.8. The lowest BCUT2D eigenvalue weighted by molar-refractivity contribution is -0.119. The molecule has 0 atom stereocenters. The van der Waals surface area contributed by atoms with Crippen LogP contribution in [-0.4, -0.2) is 63.8 Å². The third-order valence-corrected chi connectivity index (χ3v) is 15.2. The van der Waals surface area contributed by atoms with Gasteiger partial charge in [-0.1, -0.05) is 123 Å². The van der Waals surface area contributed by atoms with Crippen LogP contribution in [0.15, 0.2) is 122 Å². The maximum absolute atomic E-state index is 13.9. The van der Waals surface area contributed by atoms with Gasteiger partial charge in [-0.05, 0) is 170 Å². The van der Waals surface area contributed by atoms with Gasteiger partial charge in [0.1, 0.15) is 46.0 Å². The molecule has 22 heteroatoms. The van der Waals surface area contributed by atoms with Crippen molar-refractivity contribution in [1.82, 2.24) is 34.9 Å². The number of Topliss-reactive ketones (excluding diaryl/α,β-unsaturated/α-hetero) is 5. The monoisotopic (exact) mass is 1420 g/mol. The van der Waals surface area contributed by atoms with Gasteiger partial charge < -0.3 is 0 Å². The third kappa shape index (κ3) is 25.9. The summed E-state index contributed by atoms with van der Waals surface area (Å²) in [6, 6.07) is 20.2. The van der Waals surface area contributed by atoms with Crippen LogP contribution in [0.5, 0.6) is 0 Å². The molecule has 12 nitrogen and oxygen atoms in total. The molecule has 0 radical (unpaired) electrons. The largest absolute Gasteiger partial charge is 0.299 e. The van der Waals surface area contributed by atoms with Gasteiger partial charge in [0.25, 0.3) is 0 Å². The Bertz CT molecular complexity index is 4130.